The smallest absolute Gasteiger partial charge is 0.240 e. The lowest BCUT2D eigenvalue weighted by Crippen LogP contribution is -2.25. The summed E-state index contributed by atoms with van der Waals surface area (Å²) in [5, 5.41) is 3.00. The molecule has 0 heterocycles. The lowest BCUT2D eigenvalue weighted by molar-refractivity contribution is 0.408. The van der Waals surface area contributed by atoms with E-state index < -0.39 is 10.0 Å². The standard InChI is InChI=1S/C14H24N2O3S/c1-11(2)7-8-16-20(17,18)13-5-6-14(19-4)12(9-13)10-15-3/h5-6,9,11,15-16H,7-8,10H2,1-4H3. The number of rotatable bonds is 8. The van der Waals surface area contributed by atoms with Crippen LogP contribution in [-0.4, -0.2) is 29.1 Å². The highest BCUT2D eigenvalue weighted by Crippen LogP contribution is 2.22. The largest absolute Gasteiger partial charge is 0.496 e. The third-order valence-corrected chi connectivity index (χ3v) is 4.40. The van der Waals surface area contributed by atoms with E-state index in [2.05, 4.69) is 23.9 Å². The minimum absolute atomic E-state index is 0.271. The van der Waals surface area contributed by atoms with Gasteiger partial charge in [0.2, 0.25) is 10.0 Å². The van der Waals surface area contributed by atoms with Crippen LogP contribution in [0.3, 0.4) is 0 Å². The Morgan fingerprint density at radius 2 is 2.00 bits per heavy atom. The molecule has 1 aromatic rings. The number of hydrogen-bond donors (Lipinski definition) is 2. The summed E-state index contributed by atoms with van der Waals surface area (Å²) in [6.07, 6.45) is 0.818. The maximum Gasteiger partial charge on any atom is 0.240 e. The molecule has 1 rings (SSSR count). The minimum Gasteiger partial charge on any atom is -0.496 e. The van der Waals surface area contributed by atoms with Crippen molar-refractivity contribution in [1.82, 2.24) is 10.0 Å². The summed E-state index contributed by atoms with van der Waals surface area (Å²) in [7, 11) is -0.0751. The van der Waals surface area contributed by atoms with E-state index in [0.717, 1.165) is 12.0 Å². The predicted molar refractivity (Wildman–Crippen MR) is 80.4 cm³/mol. The minimum atomic E-state index is -3.46. The molecule has 20 heavy (non-hydrogen) atoms. The first-order chi connectivity index (χ1) is 9.40. The van der Waals surface area contributed by atoms with E-state index in [9.17, 15) is 8.42 Å². The summed E-state index contributed by atoms with van der Waals surface area (Å²) >= 11 is 0. The second-order valence-electron chi connectivity index (χ2n) is 5.08. The van der Waals surface area contributed by atoms with Crippen molar-refractivity contribution in [3.8, 4) is 5.75 Å². The van der Waals surface area contributed by atoms with Gasteiger partial charge in [-0.25, -0.2) is 13.1 Å². The van der Waals surface area contributed by atoms with Gasteiger partial charge < -0.3 is 10.1 Å². The highest BCUT2D eigenvalue weighted by atomic mass is 32.2. The maximum atomic E-state index is 12.2. The Morgan fingerprint density at radius 1 is 1.30 bits per heavy atom. The molecule has 0 atom stereocenters. The Labute approximate surface area is 121 Å². The van der Waals surface area contributed by atoms with E-state index in [1.807, 2.05) is 7.05 Å². The van der Waals surface area contributed by atoms with Crippen molar-refractivity contribution in [2.45, 2.75) is 31.7 Å². The molecule has 0 bridgehead atoms. The Morgan fingerprint density at radius 3 is 2.55 bits per heavy atom. The van der Waals surface area contributed by atoms with Crippen LogP contribution in [0, 0.1) is 5.92 Å². The fourth-order valence-corrected chi connectivity index (χ4v) is 2.91. The molecule has 0 aliphatic carbocycles. The van der Waals surface area contributed by atoms with Crippen molar-refractivity contribution in [3.63, 3.8) is 0 Å². The first-order valence-electron chi connectivity index (χ1n) is 6.72. The van der Waals surface area contributed by atoms with Gasteiger partial charge in [0.05, 0.1) is 12.0 Å². The van der Waals surface area contributed by atoms with Gasteiger partial charge in [-0.05, 0) is 37.6 Å². The molecule has 0 unspecified atom stereocenters. The molecule has 5 nitrogen and oxygen atoms in total. The molecule has 2 N–H and O–H groups in total. The first-order valence-corrected chi connectivity index (χ1v) is 8.20. The molecule has 1 aromatic carbocycles. The molecular weight excluding hydrogens is 276 g/mol. The van der Waals surface area contributed by atoms with Gasteiger partial charge >= 0.3 is 0 Å². The summed E-state index contributed by atoms with van der Waals surface area (Å²) < 4.78 is 32.2. The van der Waals surface area contributed by atoms with Crippen molar-refractivity contribution >= 4 is 10.0 Å². The van der Waals surface area contributed by atoms with Crippen LogP contribution >= 0.6 is 0 Å². The Balaban J connectivity index is 2.91. The van der Waals surface area contributed by atoms with Gasteiger partial charge in [0.1, 0.15) is 5.75 Å². The van der Waals surface area contributed by atoms with E-state index in [-0.39, 0.29) is 4.90 Å². The maximum absolute atomic E-state index is 12.2. The van der Waals surface area contributed by atoms with Crippen LogP contribution in [0.1, 0.15) is 25.8 Å². The number of nitrogens with one attached hydrogen (secondary N) is 2. The fraction of sp³-hybridized carbons (Fsp3) is 0.571. The summed E-state index contributed by atoms with van der Waals surface area (Å²) in [5.41, 5.74) is 0.821. The quantitative estimate of drug-likeness (QED) is 0.767. The number of methoxy groups -OCH3 is 1. The topological polar surface area (TPSA) is 67.4 Å². The molecule has 0 fully saturated rings. The molecule has 0 saturated carbocycles. The summed E-state index contributed by atoms with van der Waals surface area (Å²) in [4.78, 5) is 0.271. The van der Waals surface area contributed by atoms with Gasteiger partial charge in [-0.3, -0.25) is 0 Å². The second kappa shape index (κ2) is 7.61. The van der Waals surface area contributed by atoms with Crippen LogP contribution in [-0.2, 0) is 16.6 Å². The molecule has 0 aliphatic heterocycles. The van der Waals surface area contributed by atoms with E-state index in [1.165, 1.54) is 0 Å². The number of benzene rings is 1. The van der Waals surface area contributed by atoms with E-state index in [1.54, 1.807) is 25.3 Å². The van der Waals surface area contributed by atoms with Crippen molar-refractivity contribution in [2.24, 2.45) is 5.92 Å². The molecule has 0 saturated heterocycles. The number of sulfonamides is 1. The summed E-state index contributed by atoms with van der Waals surface area (Å²) in [6, 6.07) is 4.90. The van der Waals surface area contributed by atoms with Gasteiger partial charge in [0.25, 0.3) is 0 Å². The third-order valence-electron chi connectivity index (χ3n) is 2.94. The monoisotopic (exact) mass is 300 g/mol. The van der Waals surface area contributed by atoms with Gasteiger partial charge in [-0.15, -0.1) is 0 Å². The lowest BCUT2D eigenvalue weighted by Gasteiger charge is -2.12. The molecule has 6 heteroatoms. The Bertz CT molecular complexity index is 527. The summed E-state index contributed by atoms with van der Waals surface area (Å²) in [6.45, 7) is 5.13. The number of hydrogen-bond acceptors (Lipinski definition) is 4. The van der Waals surface area contributed by atoms with E-state index in [4.69, 9.17) is 4.74 Å². The highest BCUT2D eigenvalue weighted by Gasteiger charge is 2.16. The Kier molecular flexibility index (Phi) is 6.45. The van der Waals surface area contributed by atoms with Crippen LogP contribution in [0.4, 0.5) is 0 Å². The van der Waals surface area contributed by atoms with Gasteiger partial charge in [0.15, 0.2) is 0 Å². The molecular formula is C14H24N2O3S. The van der Waals surface area contributed by atoms with Crippen LogP contribution < -0.4 is 14.8 Å². The molecule has 0 radical (unpaired) electrons. The zero-order valence-corrected chi connectivity index (χ0v) is 13.4. The third kappa shape index (κ3) is 4.77. The fourth-order valence-electron chi connectivity index (χ4n) is 1.82. The number of ether oxygens (including phenoxy) is 1. The second-order valence-corrected chi connectivity index (χ2v) is 6.85. The summed E-state index contributed by atoms with van der Waals surface area (Å²) in [5.74, 6) is 1.15. The average Bonchev–Trinajstić information content (AvgIpc) is 2.38. The normalized spacial score (nSPS) is 11.8. The van der Waals surface area contributed by atoms with Crippen LogP contribution in [0.5, 0.6) is 5.75 Å². The Hall–Kier alpha value is -1.11. The van der Waals surface area contributed by atoms with Gasteiger partial charge in [-0.1, -0.05) is 13.8 Å². The van der Waals surface area contributed by atoms with Crippen LogP contribution in [0.15, 0.2) is 23.1 Å². The van der Waals surface area contributed by atoms with Crippen LogP contribution in [0.2, 0.25) is 0 Å². The zero-order valence-electron chi connectivity index (χ0n) is 12.6. The SMILES string of the molecule is CNCc1cc(S(=O)(=O)NCCC(C)C)ccc1OC. The molecule has 0 spiro atoms. The molecule has 114 valence electrons. The van der Waals surface area contributed by atoms with Crippen molar-refractivity contribution < 1.29 is 13.2 Å². The molecule has 0 aromatic heterocycles. The zero-order chi connectivity index (χ0) is 15.2. The average molecular weight is 300 g/mol. The van der Waals surface area contributed by atoms with E-state index >= 15 is 0 Å². The van der Waals surface area contributed by atoms with Crippen molar-refractivity contribution in [1.29, 1.82) is 0 Å². The van der Waals surface area contributed by atoms with Gasteiger partial charge in [0, 0.05) is 18.7 Å². The van der Waals surface area contributed by atoms with Crippen molar-refractivity contribution in [2.75, 3.05) is 20.7 Å². The van der Waals surface area contributed by atoms with E-state index in [0.29, 0.717) is 24.8 Å². The molecule has 0 amide bonds. The predicted octanol–water partition coefficient (Wildman–Crippen LogP) is 1.74. The molecule has 0 aliphatic rings. The van der Waals surface area contributed by atoms with Gasteiger partial charge in [-0.2, -0.15) is 0 Å². The lowest BCUT2D eigenvalue weighted by atomic mass is 10.1. The highest BCUT2D eigenvalue weighted by molar-refractivity contribution is 7.89. The van der Waals surface area contributed by atoms with Crippen molar-refractivity contribution in [3.05, 3.63) is 23.8 Å². The first kappa shape index (κ1) is 16.9. The van der Waals surface area contributed by atoms with Crippen LogP contribution in [0.25, 0.3) is 0 Å².